The van der Waals surface area contributed by atoms with Gasteiger partial charge in [-0.25, -0.2) is 0 Å². The Hall–Kier alpha value is -0.110. The van der Waals surface area contributed by atoms with Crippen LogP contribution < -0.4 is 0 Å². The molecule has 0 aliphatic carbocycles. The average molecular weight is 116 g/mol. The Labute approximate surface area is 47.7 Å². The molecule has 7 heavy (non-hydrogen) atoms. The first-order valence-electron chi connectivity index (χ1n) is 2.34. The van der Waals surface area contributed by atoms with Crippen LogP contribution in [-0.2, 0) is 4.74 Å². The zero-order valence-corrected chi connectivity index (χ0v) is 4.91. The molecule has 40 valence electrons. The van der Waals surface area contributed by atoms with Gasteiger partial charge in [0.25, 0.3) is 0 Å². The molecule has 0 N–H and O–H groups in total. The number of hydrogen-bond acceptors (Lipinski definition) is 2. The van der Waals surface area contributed by atoms with Crippen molar-refractivity contribution in [1.29, 1.82) is 0 Å². The summed E-state index contributed by atoms with van der Waals surface area (Å²) in [6.07, 6.45) is 3.82. The van der Waals surface area contributed by atoms with Crippen molar-refractivity contribution in [1.82, 2.24) is 0 Å². The molecular formula is C5H8OS. The van der Waals surface area contributed by atoms with Crippen molar-refractivity contribution >= 4 is 11.8 Å². The van der Waals surface area contributed by atoms with Crippen LogP contribution in [-0.4, -0.2) is 18.1 Å². The van der Waals surface area contributed by atoms with Crippen LogP contribution >= 0.6 is 11.8 Å². The van der Waals surface area contributed by atoms with E-state index in [0.29, 0.717) is 0 Å². The van der Waals surface area contributed by atoms with Crippen molar-refractivity contribution in [2.45, 2.75) is 0 Å². The minimum Gasteiger partial charge on any atom is -0.501 e. The van der Waals surface area contributed by atoms with Gasteiger partial charge in [-0.1, -0.05) is 0 Å². The molecule has 2 heteroatoms. The Morgan fingerprint density at radius 1 is 1.57 bits per heavy atom. The molecular weight excluding hydrogens is 108 g/mol. The molecule has 1 rings (SSSR count). The standard InChI is InChI=1S/C5H8OS/c1-2-6-3-5-7-4-1/h1-2H,3-5H2. The van der Waals surface area contributed by atoms with Crippen molar-refractivity contribution < 1.29 is 4.74 Å². The second-order valence-electron chi connectivity index (χ2n) is 1.32. The predicted molar refractivity (Wildman–Crippen MR) is 32.4 cm³/mol. The lowest BCUT2D eigenvalue weighted by molar-refractivity contribution is 0.273. The molecule has 0 spiro atoms. The van der Waals surface area contributed by atoms with Crippen LogP contribution in [0.5, 0.6) is 0 Å². The SMILES string of the molecule is C1=COCCSC1. The fraction of sp³-hybridized carbons (Fsp3) is 0.600. The quantitative estimate of drug-likeness (QED) is 0.471. The van der Waals surface area contributed by atoms with Gasteiger partial charge in [-0.2, -0.15) is 11.8 Å². The van der Waals surface area contributed by atoms with Gasteiger partial charge in [-0.05, 0) is 6.08 Å². The van der Waals surface area contributed by atoms with Gasteiger partial charge in [0, 0.05) is 11.5 Å². The highest BCUT2D eigenvalue weighted by atomic mass is 32.2. The minimum atomic E-state index is 0.876. The molecule has 1 nitrogen and oxygen atoms in total. The second kappa shape index (κ2) is 2.97. The molecule has 1 heterocycles. The highest BCUT2D eigenvalue weighted by Crippen LogP contribution is 2.03. The van der Waals surface area contributed by atoms with E-state index in [4.69, 9.17) is 4.74 Å². The van der Waals surface area contributed by atoms with Crippen molar-refractivity contribution in [3.8, 4) is 0 Å². The Morgan fingerprint density at radius 3 is 3.57 bits per heavy atom. The van der Waals surface area contributed by atoms with Crippen molar-refractivity contribution in [2.24, 2.45) is 0 Å². The van der Waals surface area contributed by atoms with Crippen LogP contribution in [0.1, 0.15) is 0 Å². The largest absolute Gasteiger partial charge is 0.501 e. The first-order valence-corrected chi connectivity index (χ1v) is 3.50. The maximum Gasteiger partial charge on any atom is 0.0963 e. The zero-order valence-electron chi connectivity index (χ0n) is 4.09. The molecule has 0 amide bonds. The van der Waals surface area contributed by atoms with Gasteiger partial charge in [-0.3, -0.25) is 0 Å². The van der Waals surface area contributed by atoms with E-state index in [0.717, 1.165) is 18.1 Å². The lowest BCUT2D eigenvalue weighted by Crippen LogP contribution is -1.86. The molecule has 0 aromatic carbocycles. The van der Waals surface area contributed by atoms with Crippen molar-refractivity contribution in [3.05, 3.63) is 12.3 Å². The number of rotatable bonds is 0. The van der Waals surface area contributed by atoms with E-state index in [1.807, 2.05) is 17.8 Å². The lowest BCUT2D eigenvalue weighted by Gasteiger charge is -1.90. The fourth-order valence-corrected chi connectivity index (χ4v) is 1.03. The predicted octanol–water partition coefficient (Wildman–Crippen LogP) is 1.26. The van der Waals surface area contributed by atoms with Gasteiger partial charge in [-0.15, -0.1) is 0 Å². The smallest absolute Gasteiger partial charge is 0.0963 e. The lowest BCUT2D eigenvalue weighted by atomic mass is 10.7. The maximum absolute atomic E-state index is 4.99. The number of ether oxygens (including phenoxy) is 1. The Morgan fingerprint density at radius 2 is 2.57 bits per heavy atom. The summed E-state index contributed by atoms with van der Waals surface area (Å²) in [5, 5.41) is 0. The molecule has 0 fully saturated rings. The third-order valence-electron chi connectivity index (χ3n) is 0.752. The second-order valence-corrected chi connectivity index (χ2v) is 2.47. The molecule has 0 aromatic rings. The molecule has 0 unspecified atom stereocenters. The molecule has 0 atom stereocenters. The topological polar surface area (TPSA) is 9.23 Å². The summed E-state index contributed by atoms with van der Waals surface area (Å²) in [5.74, 6) is 2.24. The molecule has 0 aromatic heterocycles. The van der Waals surface area contributed by atoms with E-state index in [1.54, 1.807) is 6.26 Å². The zero-order chi connectivity index (χ0) is 4.95. The summed E-state index contributed by atoms with van der Waals surface area (Å²) in [6, 6.07) is 0. The fourth-order valence-electron chi connectivity index (χ4n) is 0.434. The summed E-state index contributed by atoms with van der Waals surface area (Å²) >= 11 is 1.90. The Kier molecular flexibility index (Phi) is 2.13. The van der Waals surface area contributed by atoms with Crippen LogP contribution in [0.4, 0.5) is 0 Å². The average Bonchev–Trinajstić information content (AvgIpc) is 1.90. The highest BCUT2D eigenvalue weighted by Gasteiger charge is 1.88. The van der Waals surface area contributed by atoms with E-state index in [1.165, 1.54) is 0 Å². The van der Waals surface area contributed by atoms with Gasteiger partial charge < -0.3 is 4.74 Å². The summed E-state index contributed by atoms with van der Waals surface area (Å²) < 4.78 is 4.99. The molecule has 0 radical (unpaired) electrons. The van der Waals surface area contributed by atoms with Crippen LogP contribution in [0.15, 0.2) is 12.3 Å². The normalized spacial score (nSPS) is 20.6. The molecule has 0 saturated heterocycles. The van der Waals surface area contributed by atoms with E-state index in [-0.39, 0.29) is 0 Å². The van der Waals surface area contributed by atoms with Gasteiger partial charge >= 0.3 is 0 Å². The summed E-state index contributed by atoms with van der Waals surface area (Å²) in [5.41, 5.74) is 0. The van der Waals surface area contributed by atoms with Gasteiger partial charge in [0.2, 0.25) is 0 Å². The van der Waals surface area contributed by atoms with E-state index in [2.05, 4.69) is 0 Å². The van der Waals surface area contributed by atoms with Gasteiger partial charge in [0.15, 0.2) is 0 Å². The van der Waals surface area contributed by atoms with Crippen molar-refractivity contribution in [2.75, 3.05) is 18.1 Å². The monoisotopic (exact) mass is 116 g/mol. The van der Waals surface area contributed by atoms with E-state index < -0.39 is 0 Å². The highest BCUT2D eigenvalue weighted by molar-refractivity contribution is 7.99. The molecule has 1 aliphatic heterocycles. The Bertz CT molecular complexity index is 62.5. The molecule has 0 bridgehead atoms. The first kappa shape index (κ1) is 5.04. The maximum atomic E-state index is 4.99. The summed E-state index contributed by atoms with van der Waals surface area (Å²) in [4.78, 5) is 0. The number of hydrogen-bond donors (Lipinski definition) is 0. The van der Waals surface area contributed by atoms with Crippen LogP contribution in [0.25, 0.3) is 0 Å². The first-order chi connectivity index (χ1) is 3.50. The van der Waals surface area contributed by atoms with Crippen LogP contribution in [0, 0.1) is 0 Å². The Balaban J connectivity index is 2.20. The van der Waals surface area contributed by atoms with Crippen LogP contribution in [0.3, 0.4) is 0 Å². The molecule has 1 aliphatic rings. The third kappa shape index (κ3) is 1.88. The van der Waals surface area contributed by atoms with E-state index >= 15 is 0 Å². The minimum absolute atomic E-state index is 0.876. The molecule has 0 saturated carbocycles. The summed E-state index contributed by atoms with van der Waals surface area (Å²) in [7, 11) is 0. The third-order valence-corrected chi connectivity index (χ3v) is 1.64. The number of thioether (sulfide) groups is 1. The van der Waals surface area contributed by atoms with Crippen molar-refractivity contribution in [3.63, 3.8) is 0 Å². The van der Waals surface area contributed by atoms with Crippen LogP contribution in [0.2, 0.25) is 0 Å². The summed E-state index contributed by atoms with van der Waals surface area (Å²) in [6.45, 7) is 0.876. The van der Waals surface area contributed by atoms with Gasteiger partial charge in [0.1, 0.15) is 0 Å². The van der Waals surface area contributed by atoms with Gasteiger partial charge in [0.05, 0.1) is 12.9 Å². The van der Waals surface area contributed by atoms with E-state index in [9.17, 15) is 0 Å².